The van der Waals surface area contributed by atoms with Crippen LogP contribution in [0.25, 0.3) is 0 Å². The maximum Gasteiger partial charge on any atom is 0.336 e. The third-order valence-electron chi connectivity index (χ3n) is 3.13. The van der Waals surface area contributed by atoms with E-state index in [1.165, 1.54) is 20.8 Å². The van der Waals surface area contributed by atoms with Crippen LogP contribution in [-0.4, -0.2) is 58.4 Å². The first kappa shape index (κ1) is 25.0. The summed E-state index contributed by atoms with van der Waals surface area (Å²) in [6.07, 6.45) is -2.04. The summed E-state index contributed by atoms with van der Waals surface area (Å²) in [7, 11) is -7.78. The van der Waals surface area contributed by atoms with Crippen LogP contribution in [0.15, 0.2) is 0 Å². The summed E-state index contributed by atoms with van der Waals surface area (Å²) in [6, 6.07) is 0. The van der Waals surface area contributed by atoms with Gasteiger partial charge in [0.1, 0.15) is 6.10 Å². The molecule has 154 valence electrons. The summed E-state index contributed by atoms with van der Waals surface area (Å²) >= 11 is 0. The molecule has 0 aromatic rings. The van der Waals surface area contributed by atoms with Crippen LogP contribution >= 0.6 is 0 Å². The fraction of sp³-hybridized carbons (Fsp3) is 0.867. The number of rotatable bonds is 13. The summed E-state index contributed by atoms with van der Waals surface area (Å²) in [4.78, 5) is 22.5. The number of hydrogen-bond acceptors (Lipinski definition) is 9. The lowest BCUT2D eigenvalue weighted by molar-refractivity contribution is -0.154. The van der Waals surface area contributed by atoms with Gasteiger partial charge in [0.15, 0.2) is 11.9 Å². The van der Waals surface area contributed by atoms with Gasteiger partial charge in [-0.05, 0) is 47.5 Å². The summed E-state index contributed by atoms with van der Waals surface area (Å²) in [5.41, 5.74) is 0. The highest BCUT2D eigenvalue weighted by molar-refractivity contribution is 7.87. The summed E-state index contributed by atoms with van der Waals surface area (Å²) in [5, 5.41) is 0. The van der Waals surface area contributed by atoms with E-state index in [9.17, 15) is 26.4 Å². The van der Waals surface area contributed by atoms with Crippen molar-refractivity contribution in [3.8, 4) is 0 Å². The third-order valence-corrected chi connectivity index (χ3v) is 5.87. The van der Waals surface area contributed by atoms with E-state index in [4.69, 9.17) is 8.92 Å². The Kier molecular flexibility index (Phi) is 10.5. The first-order valence-electron chi connectivity index (χ1n) is 8.28. The zero-order chi connectivity index (χ0) is 20.5. The largest absolute Gasteiger partial charge is 0.461 e. The van der Waals surface area contributed by atoms with Gasteiger partial charge < -0.3 is 4.74 Å². The maximum absolute atomic E-state index is 11.8. The number of ketones is 1. The second kappa shape index (κ2) is 11.0. The van der Waals surface area contributed by atoms with Gasteiger partial charge in [-0.1, -0.05) is 6.42 Å². The lowest BCUT2D eigenvalue weighted by Crippen LogP contribution is -2.29. The molecule has 0 N–H and O–H groups in total. The summed E-state index contributed by atoms with van der Waals surface area (Å²) in [6.45, 7) is 7.11. The van der Waals surface area contributed by atoms with E-state index in [1.807, 2.05) is 0 Å². The molecule has 9 nitrogen and oxygen atoms in total. The van der Waals surface area contributed by atoms with Crippen LogP contribution in [0.3, 0.4) is 0 Å². The zero-order valence-electron chi connectivity index (χ0n) is 15.8. The van der Waals surface area contributed by atoms with Crippen molar-refractivity contribution >= 4 is 32.0 Å². The SMILES string of the molecule is CC(=O)C(C)OS(=O)(=O)CCCCCS(=O)(=O)OC(C)C(=O)OC(C)C. The van der Waals surface area contributed by atoms with Crippen molar-refractivity contribution in [1.29, 1.82) is 0 Å². The molecule has 0 rings (SSSR count). The normalized spacial score (nSPS) is 14.8. The molecule has 0 aliphatic carbocycles. The van der Waals surface area contributed by atoms with Crippen molar-refractivity contribution in [2.75, 3.05) is 11.5 Å². The number of Topliss-reactive ketones (excluding diaryl/α,β-unsaturated/α-hetero) is 1. The fourth-order valence-corrected chi connectivity index (χ4v) is 4.11. The van der Waals surface area contributed by atoms with Crippen LogP contribution in [0.5, 0.6) is 0 Å². The molecule has 26 heavy (non-hydrogen) atoms. The lowest BCUT2D eigenvalue weighted by atomic mass is 10.3. The molecule has 0 aliphatic heterocycles. The molecule has 0 amide bonds. The van der Waals surface area contributed by atoms with E-state index >= 15 is 0 Å². The molecule has 2 atom stereocenters. The van der Waals surface area contributed by atoms with Crippen LogP contribution in [0.2, 0.25) is 0 Å². The van der Waals surface area contributed by atoms with Gasteiger partial charge in [0.25, 0.3) is 20.2 Å². The molecule has 0 heterocycles. The number of esters is 1. The number of carbonyl (C=O) groups excluding carboxylic acids is 2. The van der Waals surface area contributed by atoms with E-state index in [0.29, 0.717) is 6.42 Å². The summed E-state index contributed by atoms with van der Waals surface area (Å²) < 4.78 is 61.2. The number of carbonyl (C=O) groups is 2. The predicted molar refractivity (Wildman–Crippen MR) is 94.4 cm³/mol. The topological polar surface area (TPSA) is 130 Å². The Hall–Kier alpha value is -1.04. The second-order valence-electron chi connectivity index (χ2n) is 6.16. The van der Waals surface area contributed by atoms with Gasteiger partial charge in [-0.15, -0.1) is 0 Å². The Labute approximate surface area is 155 Å². The van der Waals surface area contributed by atoms with Crippen molar-refractivity contribution < 1.29 is 39.5 Å². The molecular weight excluding hydrogens is 388 g/mol. The molecule has 2 unspecified atom stereocenters. The smallest absolute Gasteiger partial charge is 0.336 e. The van der Waals surface area contributed by atoms with Crippen molar-refractivity contribution in [3.63, 3.8) is 0 Å². The van der Waals surface area contributed by atoms with Crippen molar-refractivity contribution in [1.82, 2.24) is 0 Å². The maximum atomic E-state index is 11.8. The fourth-order valence-electron chi connectivity index (χ4n) is 1.71. The van der Waals surface area contributed by atoms with Crippen molar-refractivity contribution in [2.45, 2.75) is 72.2 Å². The van der Waals surface area contributed by atoms with Gasteiger partial charge in [0.05, 0.1) is 17.6 Å². The molecule has 0 radical (unpaired) electrons. The van der Waals surface area contributed by atoms with Crippen LogP contribution in [-0.2, 0) is 42.9 Å². The molecule has 11 heteroatoms. The minimum atomic E-state index is -3.93. The highest BCUT2D eigenvalue weighted by atomic mass is 32.2. The highest BCUT2D eigenvalue weighted by Crippen LogP contribution is 2.10. The van der Waals surface area contributed by atoms with Crippen molar-refractivity contribution in [3.05, 3.63) is 0 Å². The average molecular weight is 417 g/mol. The van der Waals surface area contributed by atoms with E-state index < -0.39 is 44.2 Å². The summed E-state index contributed by atoms with van der Waals surface area (Å²) in [5.74, 6) is -1.84. The molecule has 0 saturated heterocycles. The van der Waals surface area contributed by atoms with Gasteiger partial charge in [-0.2, -0.15) is 16.8 Å². The minimum absolute atomic E-state index is 0.159. The molecule has 0 aromatic heterocycles. The van der Waals surface area contributed by atoms with Crippen LogP contribution < -0.4 is 0 Å². The molecule has 0 fully saturated rings. The number of ether oxygens (including phenoxy) is 1. The van der Waals surface area contributed by atoms with Crippen molar-refractivity contribution in [2.24, 2.45) is 0 Å². The highest BCUT2D eigenvalue weighted by Gasteiger charge is 2.24. The molecule has 0 aromatic carbocycles. The Morgan fingerprint density at radius 1 is 0.769 bits per heavy atom. The van der Waals surface area contributed by atoms with E-state index in [-0.39, 0.29) is 30.5 Å². The average Bonchev–Trinajstić information content (AvgIpc) is 2.44. The quantitative estimate of drug-likeness (QED) is 0.247. The van der Waals surface area contributed by atoms with Gasteiger partial charge in [-0.3, -0.25) is 13.2 Å². The van der Waals surface area contributed by atoms with E-state index in [2.05, 4.69) is 4.18 Å². The number of hydrogen-bond donors (Lipinski definition) is 0. The second-order valence-corrected chi connectivity index (χ2v) is 9.59. The van der Waals surface area contributed by atoms with E-state index in [1.54, 1.807) is 13.8 Å². The van der Waals surface area contributed by atoms with Crippen LogP contribution in [0, 0.1) is 0 Å². The Bertz CT molecular complexity index is 665. The molecule has 0 saturated carbocycles. The Morgan fingerprint density at radius 2 is 1.19 bits per heavy atom. The zero-order valence-corrected chi connectivity index (χ0v) is 17.4. The van der Waals surface area contributed by atoms with E-state index in [0.717, 1.165) is 0 Å². The lowest BCUT2D eigenvalue weighted by Gasteiger charge is -2.14. The van der Waals surface area contributed by atoms with Crippen LogP contribution in [0.4, 0.5) is 0 Å². The Morgan fingerprint density at radius 3 is 1.58 bits per heavy atom. The first-order chi connectivity index (χ1) is 11.8. The van der Waals surface area contributed by atoms with Gasteiger partial charge in [0, 0.05) is 0 Å². The first-order valence-corrected chi connectivity index (χ1v) is 11.4. The third kappa shape index (κ3) is 11.6. The molecule has 0 spiro atoms. The van der Waals surface area contributed by atoms with Gasteiger partial charge >= 0.3 is 5.97 Å². The monoisotopic (exact) mass is 416 g/mol. The molecule has 0 bridgehead atoms. The number of unbranched alkanes of at least 4 members (excludes halogenated alkanes) is 2. The molecule has 0 aliphatic rings. The minimum Gasteiger partial charge on any atom is -0.461 e. The van der Waals surface area contributed by atoms with Crippen LogP contribution in [0.1, 0.15) is 53.9 Å². The standard InChI is InChI=1S/C15H28O9S2/c1-11(2)22-15(17)14(5)24-26(20,21)10-8-6-7-9-25(18,19)23-13(4)12(3)16/h11,13-14H,6-10H2,1-5H3. The Balaban J connectivity index is 4.23. The van der Waals surface area contributed by atoms with Gasteiger partial charge in [0.2, 0.25) is 0 Å². The molecular formula is C15H28O9S2. The predicted octanol–water partition coefficient (Wildman–Crippen LogP) is 1.17. The van der Waals surface area contributed by atoms with Gasteiger partial charge in [-0.25, -0.2) is 4.79 Å².